The van der Waals surface area contributed by atoms with Crippen molar-refractivity contribution in [3.05, 3.63) is 65.0 Å². The van der Waals surface area contributed by atoms with Gasteiger partial charge in [0.05, 0.1) is 32.4 Å². The van der Waals surface area contributed by atoms with Gasteiger partial charge in [0.25, 0.3) is 5.91 Å². The number of benzene rings is 2. The van der Waals surface area contributed by atoms with Crippen LogP contribution in [0.3, 0.4) is 0 Å². The predicted molar refractivity (Wildman–Crippen MR) is 99.6 cm³/mol. The number of hydrogen-bond acceptors (Lipinski definition) is 5. The summed E-state index contributed by atoms with van der Waals surface area (Å²) >= 11 is 0. The topological polar surface area (TPSA) is 86.1 Å². The first-order valence-corrected chi connectivity index (χ1v) is 8.49. The Morgan fingerprint density at radius 2 is 1.61 bits per heavy atom. The third kappa shape index (κ3) is 5.88. The zero-order valence-electron chi connectivity index (χ0n) is 15.9. The molecule has 1 atom stereocenters. The van der Waals surface area contributed by atoms with Crippen molar-refractivity contribution < 1.29 is 33.1 Å². The van der Waals surface area contributed by atoms with E-state index in [1.165, 1.54) is 44.6 Å². The molecule has 1 unspecified atom stereocenters. The van der Waals surface area contributed by atoms with Crippen LogP contribution in [-0.2, 0) is 20.8 Å². The Hall–Kier alpha value is -3.26. The Labute approximate surface area is 162 Å². The number of methoxy groups -OCH3 is 2. The fourth-order valence-electron chi connectivity index (χ4n) is 2.71. The quantitative estimate of drug-likeness (QED) is 0.692. The summed E-state index contributed by atoms with van der Waals surface area (Å²) in [6.45, 7) is 0.563. The molecule has 0 spiro atoms. The molecular formula is C20H22FN2O5+. The standard InChI is InChI=1S/C20H21FN2O5/c1-23(11-13-5-4-6-16(21)7-13)12-18(24)22-17-9-14(19(25)27-2)8-15(10-17)20(26)28-3/h4-10H,11-12H2,1-3H3,(H,22,24)/p+1. The smallest absolute Gasteiger partial charge is 0.337 e. The highest BCUT2D eigenvalue weighted by molar-refractivity contribution is 5.99. The summed E-state index contributed by atoms with van der Waals surface area (Å²) < 4.78 is 22.6. The summed E-state index contributed by atoms with van der Waals surface area (Å²) in [5.41, 5.74) is 1.26. The fourth-order valence-corrected chi connectivity index (χ4v) is 2.71. The van der Waals surface area contributed by atoms with Gasteiger partial charge in [-0.05, 0) is 30.3 Å². The van der Waals surface area contributed by atoms with Gasteiger partial charge in [-0.15, -0.1) is 0 Å². The molecule has 2 N–H and O–H groups in total. The molecule has 2 aromatic carbocycles. The fraction of sp³-hybridized carbons (Fsp3) is 0.250. The predicted octanol–water partition coefficient (Wildman–Crippen LogP) is 1.05. The first kappa shape index (κ1) is 21.0. The number of quaternary nitrogens is 1. The van der Waals surface area contributed by atoms with Gasteiger partial charge in [-0.3, -0.25) is 4.79 Å². The maximum absolute atomic E-state index is 13.3. The van der Waals surface area contributed by atoms with Crippen LogP contribution in [-0.4, -0.2) is 45.7 Å². The lowest BCUT2D eigenvalue weighted by molar-refractivity contribution is -0.885. The summed E-state index contributed by atoms with van der Waals surface area (Å²) in [7, 11) is 4.24. The second kappa shape index (κ2) is 9.61. The largest absolute Gasteiger partial charge is 0.465 e. The van der Waals surface area contributed by atoms with Gasteiger partial charge in [0.15, 0.2) is 6.54 Å². The van der Waals surface area contributed by atoms with Crippen LogP contribution in [0.15, 0.2) is 42.5 Å². The van der Waals surface area contributed by atoms with Crippen molar-refractivity contribution in [1.29, 1.82) is 0 Å². The Bertz CT molecular complexity index is 850. The summed E-state index contributed by atoms with van der Waals surface area (Å²) in [4.78, 5) is 36.8. The summed E-state index contributed by atoms with van der Waals surface area (Å²) in [6, 6.07) is 10.3. The van der Waals surface area contributed by atoms with Crippen LogP contribution in [0.1, 0.15) is 26.3 Å². The number of carbonyl (C=O) groups excluding carboxylic acids is 3. The number of anilines is 1. The maximum atomic E-state index is 13.3. The molecule has 0 aliphatic heterocycles. The molecule has 28 heavy (non-hydrogen) atoms. The maximum Gasteiger partial charge on any atom is 0.337 e. The highest BCUT2D eigenvalue weighted by Crippen LogP contribution is 2.17. The van der Waals surface area contributed by atoms with Crippen molar-refractivity contribution in [3.63, 3.8) is 0 Å². The average Bonchev–Trinajstić information content (AvgIpc) is 2.66. The molecular weight excluding hydrogens is 367 g/mol. The summed E-state index contributed by atoms with van der Waals surface area (Å²) in [6.07, 6.45) is 0. The lowest BCUT2D eigenvalue weighted by atomic mass is 10.1. The number of esters is 2. The second-order valence-corrected chi connectivity index (χ2v) is 6.27. The zero-order valence-corrected chi connectivity index (χ0v) is 15.9. The van der Waals surface area contributed by atoms with Crippen molar-refractivity contribution in [2.75, 3.05) is 33.1 Å². The minimum absolute atomic E-state index is 0.104. The van der Waals surface area contributed by atoms with E-state index in [-0.39, 0.29) is 35.1 Å². The van der Waals surface area contributed by atoms with Crippen molar-refractivity contribution in [2.45, 2.75) is 6.54 Å². The zero-order chi connectivity index (χ0) is 20.7. The number of carbonyl (C=O) groups is 3. The van der Waals surface area contributed by atoms with E-state index in [1.807, 2.05) is 0 Å². The molecule has 148 valence electrons. The highest BCUT2D eigenvalue weighted by atomic mass is 19.1. The van der Waals surface area contributed by atoms with Crippen LogP contribution < -0.4 is 10.2 Å². The lowest BCUT2D eigenvalue weighted by Gasteiger charge is -2.14. The van der Waals surface area contributed by atoms with Crippen LogP contribution in [0.25, 0.3) is 0 Å². The Balaban J connectivity index is 2.09. The average molecular weight is 389 g/mol. The normalized spacial score (nSPS) is 11.4. The van der Waals surface area contributed by atoms with Gasteiger partial charge in [-0.25, -0.2) is 14.0 Å². The third-order valence-corrected chi connectivity index (χ3v) is 3.92. The first-order chi connectivity index (χ1) is 13.3. The number of rotatable bonds is 7. The summed E-state index contributed by atoms with van der Waals surface area (Å²) in [5, 5.41) is 2.66. The molecule has 0 fully saturated rings. The molecule has 0 aromatic heterocycles. The number of amides is 1. The van der Waals surface area contributed by atoms with E-state index < -0.39 is 11.9 Å². The van der Waals surface area contributed by atoms with E-state index in [4.69, 9.17) is 0 Å². The number of nitrogens with one attached hydrogen (secondary N) is 2. The molecule has 0 heterocycles. The van der Waals surface area contributed by atoms with Crippen molar-refractivity contribution in [2.24, 2.45) is 0 Å². The molecule has 8 heteroatoms. The van der Waals surface area contributed by atoms with E-state index in [0.29, 0.717) is 6.54 Å². The molecule has 2 aromatic rings. The van der Waals surface area contributed by atoms with Crippen LogP contribution in [0.4, 0.5) is 10.1 Å². The van der Waals surface area contributed by atoms with Gasteiger partial charge in [-0.1, -0.05) is 12.1 Å². The molecule has 0 aliphatic rings. The van der Waals surface area contributed by atoms with Gasteiger partial charge >= 0.3 is 11.9 Å². The molecule has 0 aliphatic carbocycles. The number of ether oxygens (including phenoxy) is 2. The van der Waals surface area contributed by atoms with E-state index in [2.05, 4.69) is 14.8 Å². The van der Waals surface area contributed by atoms with Crippen LogP contribution in [0.2, 0.25) is 0 Å². The lowest BCUT2D eigenvalue weighted by Crippen LogP contribution is -3.08. The Morgan fingerprint density at radius 3 is 2.14 bits per heavy atom. The monoisotopic (exact) mass is 389 g/mol. The van der Waals surface area contributed by atoms with Gasteiger partial charge in [-0.2, -0.15) is 0 Å². The Kier molecular flexibility index (Phi) is 7.22. The molecule has 0 saturated carbocycles. The minimum Gasteiger partial charge on any atom is -0.465 e. The molecule has 7 nitrogen and oxygen atoms in total. The SMILES string of the molecule is COC(=O)c1cc(NC(=O)C[NH+](C)Cc2cccc(F)c2)cc(C(=O)OC)c1. The van der Waals surface area contributed by atoms with Crippen molar-refractivity contribution >= 4 is 23.5 Å². The van der Waals surface area contributed by atoms with Crippen molar-refractivity contribution in [3.8, 4) is 0 Å². The van der Waals surface area contributed by atoms with E-state index in [9.17, 15) is 18.8 Å². The third-order valence-electron chi connectivity index (χ3n) is 3.92. The Morgan fingerprint density at radius 1 is 1.00 bits per heavy atom. The van der Waals surface area contributed by atoms with E-state index in [1.54, 1.807) is 19.2 Å². The van der Waals surface area contributed by atoms with Gasteiger partial charge in [0, 0.05) is 11.3 Å². The number of hydrogen-bond donors (Lipinski definition) is 2. The van der Waals surface area contributed by atoms with Gasteiger partial charge < -0.3 is 19.7 Å². The van der Waals surface area contributed by atoms with Gasteiger partial charge in [0.1, 0.15) is 12.4 Å². The second-order valence-electron chi connectivity index (χ2n) is 6.27. The van der Waals surface area contributed by atoms with Crippen molar-refractivity contribution in [1.82, 2.24) is 0 Å². The van der Waals surface area contributed by atoms with Gasteiger partial charge in [0.2, 0.25) is 0 Å². The molecule has 0 saturated heterocycles. The van der Waals surface area contributed by atoms with Crippen LogP contribution in [0.5, 0.6) is 0 Å². The van der Waals surface area contributed by atoms with E-state index >= 15 is 0 Å². The number of halogens is 1. The molecule has 2 rings (SSSR count). The number of likely N-dealkylation sites (N-methyl/N-ethyl adjacent to an activating group) is 1. The molecule has 0 bridgehead atoms. The van der Waals surface area contributed by atoms with E-state index in [0.717, 1.165) is 10.5 Å². The minimum atomic E-state index is -0.643. The first-order valence-electron chi connectivity index (χ1n) is 8.49. The summed E-state index contributed by atoms with van der Waals surface area (Å²) in [5.74, 6) is -1.94. The highest BCUT2D eigenvalue weighted by Gasteiger charge is 2.16. The van der Waals surface area contributed by atoms with Crippen LogP contribution in [0, 0.1) is 5.82 Å². The molecule has 0 radical (unpaired) electrons. The van der Waals surface area contributed by atoms with Crippen LogP contribution >= 0.6 is 0 Å². The molecule has 1 amide bonds.